The number of nitrogens with one attached hydrogen (secondary N) is 2. The maximum absolute atomic E-state index is 11.9. The number of halogens is 1. The van der Waals surface area contributed by atoms with E-state index >= 15 is 0 Å². The quantitative estimate of drug-likeness (QED) is 0.328. The van der Waals surface area contributed by atoms with Crippen molar-refractivity contribution in [1.29, 1.82) is 0 Å². The molecule has 0 saturated heterocycles. The molecule has 0 aliphatic heterocycles. The summed E-state index contributed by atoms with van der Waals surface area (Å²) in [5.41, 5.74) is 4.27. The maximum atomic E-state index is 11.9. The molecule has 26 heavy (non-hydrogen) atoms. The molecular formula is C19H18BrN3O3. The van der Waals surface area contributed by atoms with Gasteiger partial charge >= 0.3 is 11.8 Å². The molecule has 0 aliphatic rings. The van der Waals surface area contributed by atoms with Crippen LogP contribution in [0.4, 0.5) is 5.69 Å². The third kappa shape index (κ3) is 5.56. The zero-order valence-corrected chi connectivity index (χ0v) is 15.7. The molecule has 0 heterocycles. The topological polar surface area (TPSA) is 79.8 Å². The average Bonchev–Trinajstić information content (AvgIpc) is 2.62. The van der Waals surface area contributed by atoms with Crippen LogP contribution in [-0.2, 0) is 9.59 Å². The van der Waals surface area contributed by atoms with Gasteiger partial charge in [-0.2, -0.15) is 5.10 Å². The summed E-state index contributed by atoms with van der Waals surface area (Å²) in [6, 6.07) is 12.5. The van der Waals surface area contributed by atoms with Crippen LogP contribution in [0.25, 0.3) is 0 Å². The van der Waals surface area contributed by atoms with Gasteiger partial charge < -0.3 is 10.1 Å². The van der Waals surface area contributed by atoms with Crippen molar-refractivity contribution in [3.63, 3.8) is 0 Å². The van der Waals surface area contributed by atoms with Gasteiger partial charge in [-0.25, -0.2) is 5.43 Å². The van der Waals surface area contributed by atoms with E-state index < -0.39 is 11.8 Å². The molecule has 2 aromatic carbocycles. The second kappa shape index (κ2) is 9.53. The van der Waals surface area contributed by atoms with E-state index in [0.29, 0.717) is 23.6 Å². The van der Waals surface area contributed by atoms with Crippen molar-refractivity contribution in [2.75, 3.05) is 11.9 Å². The zero-order valence-electron chi connectivity index (χ0n) is 14.2. The van der Waals surface area contributed by atoms with Crippen LogP contribution in [0.2, 0.25) is 0 Å². The summed E-state index contributed by atoms with van der Waals surface area (Å²) in [5.74, 6) is -1.09. The Balaban J connectivity index is 2.00. The van der Waals surface area contributed by atoms with Gasteiger partial charge in [-0.15, -0.1) is 0 Å². The second-order valence-corrected chi connectivity index (χ2v) is 6.17. The third-order valence-corrected chi connectivity index (χ3v) is 3.79. The number of anilines is 1. The number of carbonyl (C=O) groups excluding carboxylic acids is 2. The highest BCUT2D eigenvalue weighted by Gasteiger charge is 2.13. The summed E-state index contributed by atoms with van der Waals surface area (Å²) >= 11 is 3.36. The van der Waals surface area contributed by atoms with Gasteiger partial charge in [-0.1, -0.05) is 46.8 Å². The molecule has 6 nitrogen and oxygen atoms in total. The van der Waals surface area contributed by atoms with Gasteiger partial charge in [0.1, 0.15) is 12.4 Å². The summed E-state index contributed by atoms with van der Waals surface area (Å²) in [5, 5.41) is 6.36. The van der Waals surface area contributed by atoms with Crippen LogP contribution in [0.1, 0.15) is 11.1 Å². The highest BCUT2D eigenvalue weighted by Crippen LogP contribution is 2.21. The van der Waals surface area contributed by atoms with Crippen molar-refractivity contribution in [3.8, 4) is 5.75 Å². The smallest absolute Gasteiger partial charge is 0.329 e. The molecule has 0 aliphatic carbocycles. The molecule has 0 spiro atoms. The first-order valence-electron chi connectivity index (χ1n) is 7.74. The minimum Gasteiger partial charge on any atom is -0.489 e. The first kappa shape index (κ1) is 19.4. The van der Waals surface area contributed by atoms with Crippen LogP contribution < -0.4 is 15.5 Å². The van der Waals surface area contributed by atoms with Crippen LogP contribution in [0.3, 0.4) is 0 Å². The number of para-hydroxylation sites is 1. The molecule has 7 heteroatoms. The number of hydrogen-bond donors (Lipinski definition) is 2. The molecule has 0 aromatic heterocycles. The molecule has 2 amide bonds. The molecular weight excluding hydrogens is 398 g/mol. The number of benzene rings is 2. The monoisotopic (exact) mass is 415 g/mol. The lowest BCUT2D eigenvalue weighted by atomic mass is 10.2. The molecule has 2 rings (SSSR count). The van der Waals surface area contributed by atoms with Crippen LogP contribution >= 0.6 is 15.9 Å². The first-order chi connectivity index (χ1) is 12.5. The van der Waals surface area contributed by atoms with Crippen LogP contribution in [-0.4, -0.2) is 24.6 Å². The Morgan fingerprint density at radius 3 is 2.73 bits per heavy atom. The minimum absolute atomic E-state index is 0.341. The molecule has 0 saturated carbocycles. The highest BCUT2D eigenvalue weighted by atomic mass is 79.9. The van der Waals surface area contributed by atoms with E-state index in [-0.39, 0.29) is 0 Å². The second-order valence-electron chi connectivity index (χ2n) is 5.25. The highest BCUT2D eigenvalue weighted by molar-refractivity contribution is 9.10. The first-order valence-corrected chi connectivity index (χ1v) is 8.54. The van der Waals surface area contributed by atoms with E-state index in [0.717, 1.165) is 10.0 Å². The van der Waals surface area contributed by atoms with E-state index in [9.17, 15) is 9.59 Å². The van der Waals surface area contributed by atoms with Crippen LogP contribution in [0.15, 0.2) is 64.7 Å². The average molecular weight is 416 g/mol. The standard InChI is InChI=1S/C19H18BrN3O3/c1-3-10-26-17-9-8-15(20)11-14(17)12-21-23-19(25)18(24)22-16-7-5-4-6-13(16)2/h3-9,11-12H,1,10H2,2H3,(H,22,24)(H,23,25). The summed E-state index contributed by atoms with van der Waals surface area (Å²) in [4.78, 5) is 23.8. The fourth-order valence-electron chi connectivity index (χ4n) is 2.00. The van der Waals surface area contributed by atoms with Gasteiger partial charge in [-0.05, 0) is 36.8 Å². The molecule has 0 bridgehead atoms. The number of ether oxygens (including phenoxy) is 1. The number of rotatable bonds is 6. The van der Waals surface area contributed by atoms with Crippen LogP contribution in [0, 0.1) is 6.92 Å². The Hall–Kier alpha value is -2.93. The van der Waals surface area contributed by atoms with Crippen molar-refractivity contribution in [1.82, 2.24) is 5.43 Å². The Kier molecular flexibility index (Phi) is 7.11. The molecule has 2 aromatic rings. The molecule has 2 N–H and O–H groups in total. The number of hydrazone groups is 1. The Morgan fingerprint density at radius 1 is 1.23 bits per heavy atom. The SMILES string of the molecule is C=CCOc1ccc(Br)cc1C=NNC(=O)C(=O)Nc1ccccc1C. The largest absolute Gasteiger partial charge is 0.489 e. The van der Waals surface area contributed by atoms with Gasteiger partial charge in [0, 0.05) is 15.7 Å². The molecule has 0 radical (unpaired) electrons. The summed E-state index contributed by atoms with van der Waals surface area (Å²) in [6.45, 7) is 5.78. The number of carbonyl (C=O) groups is 2. The van der Waals surface area contributed by atoms with Crippen molar-refractivity contribution >= 4 is 39.6 Å². The van der Waals surface area contributed by atoms with Gasteiger partial charge in [0.2, 0.25) is 0 Å². The van der Waals surface area contributed by atoms with E-state index in [1.165, 1.54) is 6.21 Å². The number of aryl methyl sites for hydroxylation is 1. The lowest BCUT2D eigenvalue weighted by molar-refractivity contribution is -0.136. The predicted molar refractivity (Wildman–Crippen MR) is 105 cm³/mol. The molecule has 134 valence electrons. The van der Waals surface area contributed by atoms with Gasteiger partial charge in [-0.3, -0.25) is 9.59 Å². The predicted octanol–water partition coefficient (Wildman–Crippen LogP) is 3.41. The van der Waals surface area contributed by atoms with E-state index in [1.54, 1.807) is 30.3 Å². The molecule has 0 unspecified atom stereocenters. The number of amides is 2. The number of nitrogens with zero attached hydrogens (tertiary/aromatic N) is 1. The Labute approximate surface area is 160 Å². The fourth-order valence-corrected chi connectivity index (χ4v) is 2.38. The molecule has 0 atom stereocenters. The lowest BCUT2D eigenvalue weighted by Gasteiger charge is -2.08. The van der Waals surface area contributed by atoms with Crippen molar-refractivity contribution in [3.05, 3.63) is 70.7 Å². The minimum atomic E-state index is -0.868. The lowest BCUT2D eigenvalue weighted by Crippen LogP contribution is -2.32. The summed E-state index contributed by atoms with van der Waals surface area (Å²) in [7, 11) is 0. The van der Waals surface area contributed by atoms with Gasteiger partial charge in [0.05, 0.1) is 6.21 Å². The third-order valence-electron chi connectivity index (χ3n) is 3.30. The van der Waals surface area contributed by atoms with E-state index in [2.05, 4.69) is 38.4 Å². The Bertz CT molecular complexity index is 850. The van der Waals surface area contributed by atoms with E-state index in [1.807, 2.05) is 25.1 Å². The van der Waals surface area contributed by atoms with Crippen LogP contribution in [0.5, 0.6) is 5.75 Å². The fraction of sp³-hybridized carbons (Fsp3) is 0.105. The Morgan fingerprint density at radius 2 is 2.00 bits per heavy atom. The summed E-state index contributed by atoms with van der Waals surface area (Å²) < 4.78 is 6.34. The van der Waals surface area contributed by atoms with Gasteiger partial charge in [0.15, 0.2) is 0 Å². The zero-order chi connectivity index (χ0) is 18.9. The van der Waals surface area contributed by atoms with Crippen molar-refractivity contribution in [2.45, 2.75) is 6.92 Å². The molecule has 0 fully saturated rings. The van der Waals surface area contributed by atoms with Crippen molar-refractivity contribution in [2.24, 2.45) is 5.10 Å². The summed E-state index contributed by atoms with van der Waals surface area (Å²) in [6.07, 6.45) is 3.03. The van der Waals surface area contributed by atoms with Gasteiger partial charge in [0.25, 0.3) is 0 Å². The maximum Gasteiger partial charge on any atom is 0.329 e. The van der Waals surface area contributed by atoms with E-state index in [4.69, 9.17) is 4.74 Å². The normalized spacial score (nSPS) is 10.4. The van der Waals surface area contributed by atoms with Crippen molar-refractivity contribution < 1.29 is 14.3 Å². The number of hydrogen-bond acceptors (Lipinski definition) is 4.